The molecule has 2 N–H and O–H groups in total. The van der Waals surface area contributed by atoms with Crippen LogP contribution in [0.5, 0.6) is 0 Å². The second kappa shape index (κ2) is 4.95. The predicted molar refractivity (Wildman–Crippen MR) is 57.7 cm³/mol. The van der Waals surface area contributed by atoms with Crippen LogP contribution in [-0.4, -0.2) is 22.0 Å². The highest BCUT2D eigenvalue weighted by Gasteiger charge is 2.04. The Morgan fingerprint density at radius 1 is 1.71 bits per heavy atom. The van der Waals surface area contributed by atoms with E-state index in [-0.39, 0.29) is 5.91 Å². The third kappa shape index (κ3) is 2.70. The lowest BCUT2D eigenvalue weighted by Crippen LogP contribution is -2.28. The summed E-state index contributed by atoms with van der Waals surface area (Å²) in [5, 5.41) is 2.81. The summed E-state index contributed by atoms with van der Waals surface area (Å²) in [7, 11) is 0. The summed E-state index contributed by atoms with van der Waals surface area (Å²) in [6, 6.07) is 0. The SMILES string of the molecule is CCCNC(=O)Cn1c(C)c[nH]c1=S. The molecule has 4 nitrogen and oxygen atoms in total. The highest BCUT2D eigenvalue weighted by Crippen LogP contribution is 1.98. The molecule has 5 heteroatoms. The first kappa shape index (κ1) is 11.0. The van der Waals surface area contributed by atoms with Crippen LogP contribution in [0.1, 0.15) is 19.0 Å². The molecule has 0 radical (unpaired) electrons. The summed E-state index contributed by atoms with van der Waals surface area (Å²) in [5.41, 5.74) is 0.974. The summed E-state index contributed by atoms with van der Waals surface area (Å²) >= 11 is 5.03. The van der Waals surface area contributed by atoms with Crippen molar-refractivity contribution in [1.29, 1.82) is 0 Å². The molecule has 1 rings (SSSR count). The van der Waals surface area contributed by atoms with Gasteiger partial charge in [0, 0.05) is 18.4 Å². The topological polar surface area (TPSA) is 49.8 Å². The van der Waals surface area contributed by atoms with Gasteiger partial charge in [-0.25, -0.2) is 0 Å². The fraction of sp³-hybridized carbons (Fsp3) is 0.556. The zero-order chi connectivity index (χ0) is 10.6. The normalized spacial score (nSPS) is 10.1. The van der Waals surface area contributed by atoms with Gasteiger partial charge in [0.1, 0.15) is 6.54 Å². The number of aromatic amines is 1. The molecule has 0 aromatic carbocycles. The lowest BCUT2D eigenvalue weighted by atomic mass is 10.4. The molecule has 0 spiro atoms. The number of hydrogen-bond donors (Lipinski definition) is 2. The maximum Gasteiger partial charge on any atom is 0.240 e. The van der Waals surface area contributed by atoms with E-state index in [1.807, 2.05) is 13.8 Å². The van der Waals surface area contributed by atoms with Gasteiger partial charge in [0.2, 0.25) is 5.91 Å². The average Bonchev–Trinajstić information content (AvgIpc) is 2.46. The molecular weight excluding hydrogens is 198 g/mol. The molecule has 0 bridgehead atoms. The van der Waals surface area contributed by atoms with Crippen LogP contribution in [0.3, 0.4) is 0 Å². The minimum absolute atomic E-state index is 0.00523. The van der Waals surface area contributed by atoms with Gasteiger partial charge in [0.05, 0.1) is 0 Å². The highest BCUT2D eigenvalue weighted by molar-refractivity contribution is 7.71. The smallest absolute Gasteiger partial charge is 0.240 e. The Bertz CT molecular complexity index is 366. The number of carbonyl (C=O) groups excluding carboxylic acids is 1. The number of nitrogens with one attached hydrogen (secondary N) is 2. The molecule has 0 unspecified atom stereocenters. The second-order valence-electron chi connectivity index (χ2n) is 3.17. The van der Waals surface area contributed by atoms with Crippen molar-refractivity contribution in [2.75, 3.05) is 6.54 Å². The van der Waals surface area contributed by atoms with Crippen LogP contribution >= 0.6 is 12.2 Å². The fourth-order valence-corrected chi connectivity index (χ4v) is 1.41. The first-order valence-electron chi connectivity index (χ1n) is 4.66. The number of aromatic nitrogens is 2. The summed E-state index contributed by atoms with van der Waals surface area (Å²) in [6.45, 7) is 4.96. The van der Waals surface area contributed by atoms with Crippen molar-refractivity contribution in [3.05, 3.63) is 16.7 Å². The molecular formula is C9H15N3OS. The van der Waals surface area contributed by atoms with Crippen LogP contribution in [-0.2, 0) is 11.3 Å². The van der Waals surface area contributed by atoms with Crippen LogP contribution in [0.4, 0.5) is 0 Å². The van der Waals surface area contributed by atoms with Crippen LogP contribution in [0.15, 0.2) is 6.20 Å². The molecule has 1 amide bonds. The molecule has 1 heterocycles. The third-order valence-corrected chi connectivity index (χ3v) is 2.29. The standard InChI is InChI=1S/C9H15N3OS/c1-3-4-10-8(13)6-12-7(2)5-11-9(12)14/h5H,3-4,6H2,1-2H3,(H,10,13)(H,11,14). The zero-order valence-electron chi connectivity index (χ0n) is 8.46. The Labute approximate surface area is 88.3 Å². The van der Waals surface area contributed by atoms with Crippen LogP contribution in [0.25, 0.3) is 0 Å². The van der Waals surface area contributed by atoms with Crippen molar-refractivity contribution in [1.82, 2.24) is 14.9 Å². The van der Waals surface area contributed by atoms with E-state index in [1.54, 1.807) is 10.8 Å². The second-order valence-corrected chi connectivity index (χ2v) is 3.56. The predicted octanol–water partition coefficient (Wildman–Crippen LogP) is 1.38. The Morgan fingerprint density at radius 3 is 2.93 bits per heavy atom. The third-order valence-electron chi connectivity index (χ3n) is 1.95. The number of carbonyl (C=O) groups is 1. The Balaban J connectivity index is 2.60. The van der Waals surface area contributed by atoms with E-state index in [9.17, 15) is 4.79 Å². The van der Waals surface area contributed by atoms with E-state index < -0.39 is 0 Å². The molecule has 0 aliphatic rings. The van der Waals surface area contributed by atoms with Gasteiger partial charge in [-0.15, -0.1) is 0 Å². The van der Waals surface area contributed by atoms with E-state index in [4.69, 9.17) is 12.2 Å². The van der Waals surface area contributed by atoms with Crippen molar-refractivity contribution in [3.8, 4) is 0 Å². The maximum atomic E-state index is 11.4. The lowest BCUT2D eigenvalue weighted by Gasteiger charge is -2.05. The number of nitrogens with zero attached hydrogens (tertiary/aromatic N) is 1. The zero-order valence-corrected chi connectivity index (χ0v) is 9.28. The lowest BCUT2D eigenvalue weighted by molar-refractivity contribution is -0.121. The number of aryl methyl sites for hydroxylation is 1. The molecule has 0 saturated heterocycles. The van der Waals surface area contributed by atoms with Crippen molar-refractivity contribution in [2.24, 2.45) is 0 Å². The van der Waals surface area contributed by atoms with Crippen molar-refractivity contribution >= 4 is 18.1 Å². The van der Waals surface area contributed by atoms with Gasteiger partial charge in [0.15, 0.2) is 4.77 Å². The van der Waals surface area contributed by atoms with Crippen molar-refractivity contribution < 1.29 is 4.79 Å². The van der Waals surface area contributed by atoms with E-state index in [0.29, 0.717) is 11.3 Å². The fourth-order valence-electron chi connectivity index (χ4n) is 1.14. The summed E-state index contributed by atoms with van der Waals surface area (Å²) in [6.07, 6.45) is 2.75. The summed E-state index contributed by atoms with van der Waals surface area (Å²) in [4.78, 5) is 14.3. The molecule has 0 atom stereocenters. The summed E-state index contributed by atoms with van der Waals surface area (Å²) < 4.78 is 2.37. The molecule has 0 fully saturated rings. The first-order valence-corrected chi connectivity index (χ1v) is 5.07. The van der Waals surface area contributed by atoms with Gasteiger partial charge in [-0.3, -0.25) is 4.79 Å². The molecule has 0 aliphatic carbocycles. The minimum atomic E-state index is 0.00523. The minimum Gasteiger partial charge on any atom is -0.355 e. The number of rotatable bonds is 4. The first-order chi connectivity index (χ1) is 6.65. The quantitative estimate of drug-likeness (QED) is 0.742. The van der Waals surface area contributed by atoms with E-state index in [2.05, 4.69) is 10.3 Å². The molecule has 0 aliphatic heterocycles. The molecule has 14 heavy (non-hydrogen) atoms. The Kier molecular flexibility index (Phi) is 3.88. The van der Waals surface area contributed by atoms with Crippen LogP contribution < -0.4 is 5.32 Å². The van der Waals surface area contributed by atoms with E-state index in [0.717, 1.165) is 18.7 Å². The van der Waals surface area contributed by atoms with Gasteiger partial charge in [-0.2, -0.15) is 0 Å². The van der Waals surface area contributed by atoms with Gasteiger partial charge < -0.3 is 14.9 Å². The van der Waals surface area contributed by atoms with Gasteiger partial charge in [0.25, 0.3) is 0 Å². The average molecular weight is 213 g/mol. The Hall–Kier alpha value is -1.10. The molecule has 0 saturated carbocycles. The highest BCUT2D eigenvalue weighted by atomic mass is 32.1. The van der Waals surface area contributed by atoms with Crippen LogP contribution in [0.2, 0.25) is 0 Å². The van der Waals surface area contributed by atoms with E-state index >= 15 is 0 Å². The monoisotopic (exact) mass is 213 g/mol. The molecule has 78 valence electrons. The van der Waals surface area contributed by atoms with Gasteiger partial charge in [-0.05, 0) is 25.6 Å². The van der Waals surface area contributed by atoms with Crippen molar-refractivity contribution in [3.63, 3.8) is 0 Å². The summed E-state index contributed by atoms with van der Waals surface area (Å²) in [5.74, 6) is 0.00523. The van der Waals surface area contributed by atoms with Crippen LogP contribution in [0, 0.1) is 11.7 Å². The number of amides is 1. The number of H-pyrrole nitrogens is 1. The van der Waals surface area contributed by atoms with Gasteiger partial charge >= 0.3 is 0 Å². The number of imidazole rings is 1. The number of hydrogen-bond acceptors (Lipinski definition) is 2. The maximum absolute atomic E-state index is 11.4. The Morgan fingerprint density at radius 2 is 2.43 bits per heavy atom. The molecule has 1 aromatic rings. The van der Waals surface area contributed by atoms with Crippen molar-refractivity contribution in [2.45, 2.75) is 26.8 Å². The van der Waals surface area contributed by atoms with Gasteiger partial charge in [-0.1, -0.05) is 6.92 Å². The largest absolute Gasteiger partial charge is 0.355 e. The van der Waals surface area contributed by atoms with E-state index in [1.165, 1.54) is 0 Å². The molecule has 1 aromatic heterocycles.